The fraction of sp³-hybridized carbons (Fsp3) is 0.0769. The van der Waals surface area contributed by atoms with Gasteiger partial charge >= 0.3 is 0 Å². The highest BCUT2D eigenvalue weighted by molar-refractivity contribution is 5.63. The highest BCUT2D eigenvalue weighted by Gasteiger charge is 2.04. The fourth-order valence-electron chi connectivity index (χ4n) is 1.47. The molecule has 0 saturated carbocycles. The number of pyridine rings is 1. The molecule has 1 aromatic heterocycles. The Bertz CT molecular complexity index is 587. The minimum Gasteiger partial charge on any atom is -0.355 e. The first-order chi connectivity index (χ1) is 8.20. The smallest absolute Gasteiger partial charge is 0.142 e. The molecular formula is C13H10FN3. The van der Waals surface area contributed by atoms with Gasteiger partial charge in [0.05, 0.1) is 0 Å². The van der Waals surface area contributed by atoms with Gasteiger partial charge in [-0.25, -0.2) is 9.37 Å². The molecule has 0 saturated heterocycles. The highest BCUT2D eigenvalue weighted by atomic mass is 19.1. The summed E-state index contributed by atoms with van der Waals surface area (Å²) in [4.78, 5) is 3.86. The molecule has 2 rings (SSSR count). The lowest BCUT2D eigenvalue weighted by atomic mass is 10.2. The van der Waals surface area contributed by atoms with Gasteiger partial charge < -0.3 is 5.32 Å². The Morgan fingerprint density at radius 2 is 2.18 bits per heavy atom. The van der Waals surface area contributed by atoms with Crippen molar-refractivity contribution in [3.63, 3.8) is 0 Å². The van der Waals surface area contributed by atoms with Crippen molar-refractivity contribution in [3.8, 4) is 6.07 Å². The second-order valence-electron chi connectivity index (χ2n) is 3.58. The zero-order valence-corrected chi connectivity index (χ0v) is 9.24. The zero-order valence-electron chi connectivity index (χ0n) is 9.24. The summed E-state index contributed by atoms with van der Waals surface area (Å²) >= 11 is 0. The van der Waals surface area contributed by atoms with Crippen LogP contribution < -0.4 is 5.32 Å². The van der Waals surface area contributed by atoms with E-state index in [0.717, 1.165) is 0 Å². The van der Waals surface area contributed by atoms with E-state index in [0.29, 0.717) is 22.6 Å². The highest BCUT2D eigenvalue weighted by Crippen LogP contribution is 2.22. The van der Waals surface area contributed by atoms with Crippen LogP contribution >= 0.6 is 0 Å². The summed E-state index contributed by atoms with van der Waals surface area (Å²) in [7, 11) is 0. The van der Waals surface area contributed by atoms with Crippen LogP contribution in [0.25, 0.3) is 0 Å². The molecule has 1 heterocycles. The van der Waals surface area contributed by atoms with Gasteiger partial charge in [0, 0.05) is 23.1 Å². The maximum atomic E-state index is 13.3. The Labute approximate surface area is 98.5 Å². The second kappa shape index (κ2) is 4.62. The van der Waals surface area contributed by atoms with Crippen LogP contribution in [-0.4, -0.2) is 4.98 Å². The minimum atomic E-state index is -0.260. The summed E-state index contributed by atoms with van der Waals surface area (Å²) in [6, 6.07) is 10.1. The van der Waals surface area contributed by atoms with Crippen LogP contribution in [0.1, 0.15) is 11.3 Å². The fourth-order valence-corrected chi connectivity index (χ4v) is 1.47. The molecular weight excluding hydrogens is 217 g/mol. The third-order valence-electron chi connectivity index (χ3n) is 2.42. The third-order valence-corrected chi connectivity index (χ3v) is 2.42. The van der Waals surface area contributed by atoms with E-state index in [1.54, 1.807) is 31.2 Å². The number of benzene rings is 1. The van der Waals surface area contributed by atoms with Crippen LogP contribution in [0.5, 0.6) is 0 Å². The van der Waals surface area contributed by atoms with Crippen LogP contribution in [0.15, 0.2) is 36.5 Å². The van der Waals surface area contributed by atoms with E-state index in [2.05, 4.69) is 10.3 Å². The van der Waals surface area contributed by atoms with Gasteiger partial charge in [-0.2, -0.15) is 5.26 Å². The van der Waals surface area contributed by atoms with Gasteiger partial charge in [0.2, 0.25) is 0 Å². The van der Waals surface area contributed by atoms with E-state index in [9.17, 15) is 4.39 Å². The van der Waals surface area contributed by atoms with E-state index in [4.69, 9.17) is 5.26 Å². The average Bonchev–Trinajstić information content (AvgIpc) is 2.35. The molecule has 0 aliphatic heterocycles. The molecule has 0 bridgehead atoms. The molecule has 2 aromatic rings. The number of hydrogen-bond donors (Lipinski definition) is 1. The van der Waals surface area contributed by atoms with E-state index in [-0.39, 0.29) is 5.82 Å². The van der Waals surface area contributed by atoms with Gasteiger partial charge in [-0.05, 0) is 31.2 Å². The number of rotatable bonds is 2. The van der Waals surface area contributed by atoms with Crippen LogP contribution in [0.3, 0.4) is 0 Å². The molecule has 3 nitrogen and oxygen atoms in total. The Hall–Kier alpha value is -2.41. The summed E-state index contributed by atoms with van der Waals surface area (Å²) in [5.41, 5.74) is 2.26. The molecule has 84 valence electrons. The molecule has 0 atom stereocenters. The molecule has 1 aromatic carbocycles. The van der Waals surface area contributed by atoms with Crippen molar-refractivity contribution >= 4 is 11.4 Å². The summed E-state index contributed by atoms with van der Waals surface area (Å²) in [5, 5.41) is 11.8. The second-order valence-corrected chi connectivity index (χ2v) is 3.58. The van der Waals surface area contributed by atoms with Crippen molar-refractivity contribution in [2.75, 3.05) is 5.32 Å². The lowest BCUT2D eigenvalue weighted by molar-refractivity contribution is 0.619. The molecule has 0 aliphatic rings. The van der Waals surface area contributed by atoms with E-state index < -0.39 is 0 Å². The Kier molecular flexibility index (Phi) is 3.01. The predicted octanol–water partition coefficient (Wildman–Crippen LogP) is 3.14. The van der Waals surface area contributed by atoms with Gasteiger partial charge in [-0.15, -0.1) is 0 Å². The van der Waals surface area contributed by atoms with E-state index >= 15 is 0 Å². The summed E-state index contributed by atoms with van der Waals surface area (Å²) in [5.74, 6) is -0.260. The zero-order chi connectivity index (χ0) is 12.3. The van der Waals surface area contributed by atoms with Crippen molar-refractivity contribution in [2.24, 2.45) is 0 Å². The van der Waals surface area contributed by atoms with Crippen molar-refractivity contribution in [2.45, 2.75) is 6.92 Å². The van der Waals surface area contributed by atoms with Crippen LogP contribution in [-0.2, 0) is 0 Å². The van der Waals surface area contributed by atoms with Crippen LogP contribution in [0, 0.1) is 24.1 Å². The molecule has 17 heavy (non-hydrogen) atoms. The average molecular weight is 227 g/mol. The van der Waals surface area contributed by atoms with Gasteiger partial charge in [0.25, 0.3) is 0 Å². The molecule has 0 fully saturated rings. The van der Waals surface area contributed by atoms with Crippen molar-refractivity contribution in [1.29, 1.82) is 5.26 Å². The SMILES string of the molecule is Cc1c(F)cccc1Nc1ccnc(C#N)c1. The predicted molar refractivity (Wildman–Crippen MR) is 63.4 cm³/mol. The summed E-state index contributed by atoms with van der Waals surface area (Å²) in [6.45, 7) is 1.70. The van der Waals surface area contributed by atoms with E-state index in [1.807, 2.05) is 6.07 Å². The molecule has 0 aliphatic carbocycles. The van der Waals surface area contributed by atoms with Crippen molar-refractivity contribution in [3.05, 3.63) is 53.6 Å². The molecule has 0 amide bonds. The lowest BCUT2D eigenvalue weighted by Crippen LogP contribution is -1.96. The third kappa shape index (κ3) is 2.40. The van der Waals surface area contributed by atoms with Gasteiger partial charge in [0.15, 0.2) is 0 Å². The first kappa shape index (κ1) is 11.1. The number of nitrogens with zero attached hydrogens (tertiary/aromatic N) is 2. The summed E-state index contributed by atoms with van der Waals surface area (Å²) < 4.78 is 13.3. The van der Waals surface area contributed by atoms with E-state index in [1.165, 1.54) is 12.3 Å². The molecule has 1 N–H and O–H groups in total. The Morgan fingerprint density at radius 1 is 1.35 bits per heavy atom. The molecule has 0 radical (unpaired) electrons. The monoisotopic (exact) mass is 227 g/mol. The molecule has 4 heteroatoms. The van der Waals surface area contributed by atoms with Gasteiger partial charge in [0.1, 0.15) is 17.6 Å². The van der Waals surface area contributed by atoms with Crippen LogP contribution in [0.4, 0.5) is 15.8 Å². The minimum absolute atomic E-state index is 0.260. The first-order valence-corrected chi connectivity index (χ1v) is 5.09. The van der Waals surface area contributed by atoms with Crippen molar-refractivity contribution in [1.82, 2.24) is 4.98 Å². The number of halogens is 1. The largest absolute Gasteiger partial charge is 0.355 e. The number of nitrogens with one attached hydrogen (secondary N) is 1. The topological polar surface area (TPSA) is 48.7 Å². The number of anilines is 2. The maximum Gasteiger partial charge on any atom is 0.142 e. The standard InChI is InChI=1S/C13H10FN3/c1-9-12(14)3-2-4-13(9)17-10-5-6-16-11(7-10)8-15/h2-7H,1H3,(H,16,17). The Balaban J connectivity index is 2.32. The van der Waals surface area contributed by atoms with Gasteiger partial charge in [-0.3, -0.25) is 0 Å². The Morgan fingerprint density at radius 3 is 2.94 bits per heavy atom. The molecule has 0 spiro atoms. The summed E-state index contributed by atoms with van der Waals surface area (Å²) in [6.07, 6.45) is 1.54. The lowest BCUT2D eigenvalue weighted by Gasteiger charge is -2.09. The first-order valence-electron chi connectivity index (χ1n) is 5.09. The number of aromatic nitrogens is 1. The maximum absolute atomic E-state index is 13.3. The number of nitriles is 1. The quantitative estimate of drug-likeness (QED) is 0.857. The van der Waals surface area contributed by atoms with Gasteiger partial charge in [-0.1, -0.05) is 6.07 Å². The number of hydrogen-bond acceptors (Lipinski definition) is 3. The normalized spacial score (nSPS) is 9.71. The molecule has 0 unspecified atom stereocenters. The van der Waals surface area contributed by atoms with Crippen LogP contribution in [0.2, 0.25) is 0 Å². The van der Waals surface area contributed by atoms with Crippen molar-refractivity contribution < 1.29 is 4.39 Å².